The van der Waals surface area contributed by atoms with Crippen LogP contribution in [0.4, 0.5) is 0 Å². The van der Waals surface area contributed by atoms with Crippen molar-refractivity contribution >= 4 is 28.6 Å². The summed E-state index contributed by atoms with van der Waals surface area (Å²) >= 11 is 7.76. The summed E-state index contributed by atoms with van der Waals surface area (Å²) in [5, 5.41) is 2.68. The smallest absolute Gasteiger partial charge is 0.258 e. The van der Waals surface area contributed by atoms with Gasteiger partial charge in [-0.1, -0.05) is 11.6 Å². The molecule has 0 aliphatic carbocycles. The molecule has 0 saturated carbocycles. The molecule has 0 aromatic carbocycles. The molecule has 1 aliphatic heterocycles. The van der Waals surface area contributed by atoms with Gasteiger partial charge in [-0.2, -0.15) is 0 Å². The van der Waals surface area contributed by atoms with Crippen LogP contribution in [0.25, 0.3) is 5.65 Å². The quantitative estimate of drug-likeness (QED) is 0.724. The largest absolute Gasteiger partial charge is 0.293 e. The van der Waals surface area contributed by atoms with Gasteiger partial charge < -0.3 is 0 Å². The number of fused-ring (bicyclic) bond motifs is 2. The minimum atomic E-state index is -0.0873. The lowest BCUT2D eigenvalue weighted by Crippen LogP contribution is -2.30. The normalized spacial score (nSPS) is 15.1. The van der Waals surface area contributed by atoms with Crippen LogP contribution >= 0.6 is 22.9 Å². The van der Waals surface area contributed by atoms with Crippen molar-refractivity contribution in [1.82, 2.24) is 14.3 Å². The third-order valence-corrected chi connectivity index (χ3v) is 5.20. The van der Waals surface area contributed by atoms with Crippen LogP contribution in [0.3, 0.4) is 0 Å². The summed E-state index contributed by atoms with van der Waals surface area (Å²) in [5.41, 5.74) is 2.77. The molecule has 0 atom stereocenters. The number of pyridine rings is 1. The maximum Gasteiger partial charge on any atom is 0.258 e. The third-order valence-electron chi connectivity index (χ3n) is 3.95. The molecule has 6 heteroatoms. The van der Waals surface area contributed by atoms with Crippen molar-refractivity contribution in [3.63, 3.8) is 0 Å². The van der Waals surface area contributed by atoms with Crippen LogP contribution in [0, 0.1) is 0 Å². The fourth-order valence-electron chi connectivity index (χ4n) is 2.88. The summed E-state index contributed by atoms with van der Waals surface area (Å²) in [4.78, 5) is 20.6. The van der Waals surface area contributed by atoms with Crippen molar-refractivity contribution in [2.24, 2.45) is 0 Å². The summed E-state index contributed by atoms with van der Waals surface area (Å²) in [6, 6.07) is 7.33. The Morgan fingerprint density at radius 2 is 2.23 bits per heavy atom. The summed E-state index contributed by atoms with van der Waals surface area (Å²) in [7, 11) is 0. The van der Waals surface area contributed by atoms with E-state index in [9.17, 15) is 4.79 Å². The first-order valence-electron chi connectivity index (χ1n) is 7.14. The van der Waals surface area contributed by atoms with E-state index in [1.54, 1.807) is 24.4 Å². The van der Waals surface area contributed by atoms with Gasteiger partial charge in [0.15, 0.2) is 0 Å². The maximum absolute atomic E-state index is 12.2. The second-order valence-electron chi connectivity index (χ2n) is 5.49. The highest BCUT2D eigenvalue weighted by molar-refractivity contribution is 7.10. The van der Waals surface area contributed by atoms with E-state index in [1.807, 2.05) is 11.3 Å². The standard InChI is InChI=1S/C16H14ClN3OS/c17-12-1-2-15-18-13(7-16(21)20(15)9-12)10-19-5-3-14-11(8-19)4-6-22-14/h1-2,4,6-7,9H,3,5,8,10H2. The Bertz CT molecular complexity index is 902. The van der Waals surface area contributed by atoms with Gasteiger partial charge in [0.1, 0.15) is 5.65 Å². The Labute approximate surface area is 136 Å². The first-order valence-corrected chi connectivity index (χ1v) is 8.40. The SMILES string of the molecule is O=c1cc(CN2CCc3sccc3C2)nc2ccc(Cl)cn12. The zero-order valence-corrected chi connectivity index (χ0v) is 13.4. The minimum Gasteiger partial charge on any atom is -0.293 e. The molecule has 0 saturated heterocycles. The van der Waals surface area contributed by atoms with Crippen molar-refractivity contribution in [2.75, 3.05) is 6.54 Å². The highest BCUT2D eigenvalue weighted by atomic mass is 35.5. The first kappa shape index (κ1) is 13.9. The first-order chi connectivity index (χ1) is 10.7. The van der Waals surface area contributed by atoms with E-state index in [-0.39, 0.29) is 5.56 Å². The summed E-state index contributed by atoms with van der Waals surface area (Å²) < 4.78 is 1.49. The Balaban J connectivity index is 1.63. The number of halogens is 1. The molecule has 0 radical (unpaired) electrons. The third kappa shape index (κ3) is 2.56. The van der Waals surface area contributed by atoms with Crippen LogP contribution < -0.4 is 5.56 Å². The van der Waals surface area contributed by atoms with E-state index < -0.39 is 0 Å². The van der Waals surface area contributed by atoms with Gasteiger partial charge in [0, 0.05) is 36.8 Å². The monoisotopic (exact) mass is 331 g/mol. The molecule has 1 aliphatic rings. The molecule has 3 aromatic heterocycles. The summed E-state index contributed by atoms with van der Waals surface area (Å²) in [6.45, 7) is 2.64. The zero-order valence-electron chi connectivity index (χ0n) is 11.8. The van der Waals surface area contributed by atoms with Crippen molar-refractivity contribution in [1.29, 1.82) is 0 Å². The molecule has 4 heterocycles. The summed E-state index contributed by atoms with van der Waals surface area (Å²) in [6.07, 6.45) is 2.68. The molecular formula is C16H14ClN3OS. The van der Waals surface area contributed by atoms with E-state index in [0.717, 1.165) is 25.2 Å². The molecule has 0 amide bonds. The lowest BCUT2D eigenvalue weighted by molar-refractivity contribution is 0.244. The molecule has 0 unspecified atom stereocenters. The Morgan fingerprint density at radius 3 is 3.14 bits per heavy atom. The molecule has 4 rings (SSSR count). The highest BCUT2D eigenvalue weighted by Gasteiger charge is 2.18. The van der Waals surface area contributed by atoms with Crippen molar-refractivity contribution in [3.8, 4) is 0 Å². The van der Waals surface area contributed by atoms with Crippen LogP contribution in [0.5, 0.6) is 0 Å². The highest BCUT2D eigenvalue weighted by Crippen LogP contribution is 2.24. The molecular weight excluding hydrogens is 318 g/mol. The van der Waals surface area contributed by atoms with Crippen LogP contribution in [0.1, 0.15) is 16.1 Å². The second-order valence-corrected chi connectivity index (χ2v) is 6.93. The number of hydrogen-bond acceptors (Lipinski definition) is 4. The zero-order chi connectivity index (χ0) is 15.1. The predicted octanol–water partition coefficient (Wildman–Crippen LogP) is 2.97. The minimum absolute atomic E-state index is 0.0873. The van der Waals surface area contributed by atoms with Gasteiger partial charge in [-0.15, -0.1) is 11.3 Å². The summed E-state index contributed by atoms with van der Waals surface area (Å²) in [5.74, 6) is 0. The van der Waals surface area contributed by atoms with E-state index in [0.29, 0.717) is 17.2 Å². The number of rotatable bonds is 2. The van der Waals surface area contributed by atoms with Crippen LogP contribution in [-0.4, -0.2) is 20.8 Å². The molecule has 0 N–H and O–H groups in total. The fraction of sp³-hybridized carbons (Fsp3) is 0.250. The maximum atomic E-state index is 12.2. The molecule has 3 aromatic rings. The van der Waals surface area contributed by atoms with Crippen LogP contribution in [0.2, 0.25) is 5.02 Å². The van der Waals surface area contributed by atoms with Gasteiger partial charge in [-0.3, -0.25) is 14.1 Å². The van der Waals surface area contributed by atoms with Crippen molar-refractivity contribution in [3.05, 3.63) is 67.4 Å². The number of thiophene rings is 1. The Morgan fingerprint density at radius 1 is 1.32 bits per heavy atom. The molecule has 112 valence electrons. The van der Waals surface area contributed by atoms with Gasteiger partial charge in [0.05, 0.1) is 10.7 Å². The lowest BCUT2D eigenvalue weighted by atomic mass is 10.1. The van der Waals surface area contributed by atoms with Crippen molar-refractivity contribution in [2.45, 2.75) is 19.5 Å². The molecule has 4 nitrogen and oxygen atoms in total. The van der Waals surface area contributed by atoms with Gasteiger partial charge in [0.2, 0.25) is 0 Å². The average molecular weight is 332 g/mol. The van der Waals surface area contributed by atoms with E-state index >= 15 is 0 Å². The Hall–Kier alpha value is -1.69. The number of aromatic nitrogens is 2. The number of hydrogen-bond donors (Lipinski definition) is 0. The van der Waals surface area contributed by atoms with Gasteiger partial charge in [-0.05, 0) is 35.6 Å². The Kier molecular flexibility index (Phi) is 3.48. The molecule has 0 fully saturated rings. The van der Waals surface area contributed by atoms with E-state index in [2.05, 4.69) is 21.3 Å². The fourth-order valence-corrected chi connectivity index (χ4v) is 3.93. The topological polar surface area (TPSA) is 37.6 Å². The second kappa shape index (κ2) is 5.50. The number of nitrogens with zero attached hydrogens (tertiary/aromatic N) is 3. The molecule has 22 heavy (non-hydrogen) atoms. The average Bonchev–Trinajstić information content (AvgIpc) is 2.96. The van der Waals surface area contributed by atoms with Crippen LogP contribution in [-0.2, 0) is 19.5 Å². The van der Waals surface area contributed by atoms with Gasteiger partial charge in [-0.25, -0.2) is 4.98 Å². The van der Waals surface area contributed by atoms with Crippen LogP contribution in [0.15, 0.2) is 40.6 Å². The molecule has 0 spiro atoms. The van der Waals surface area contributed by atoms with E-state index in [1.165, 1.54) is 14.8 Å². The van der Waals surface area contributed by atoms with E-state index in [4.69, 9.17) is 11.6 Å². The van der Waals surface area contributed by atoms with Gasteiger partial charge in [0.25, 0.3) is 5.56 Å². The molecule has 0 bridgehead atoms. The van der Waals surface area contributed by atoms with Gasteiger partial charge >= 0.3 is 0 Å². The lowest BCUT2D eigenvalue weighted by Gasteiger charge is -2.26. The van der Waals surface area contributed by atoms with Crippen molar-refractivity contribution < 1.29 is 0 Å². The predicted molar refractivity (Wildman–Crippen MR) is 88.6 cm³/mol.